The van der Waals surface area contributed by atoms with Gasteiger partial charge in [-0.3, -0.25) is 9.36 Å². The third-order valence-corrected chi connectivity index (χ3v) is 5.62. The van der Waals surface area contributed by atoms with Crippen molar-refractivity contribution in [3.63, 3.8) is 0 Å². The van der Waals surface area contributed by atoms with E-state index in [1.54, 1.807) is 47.0 Å². The van der Waals surface area contributed by atoms with Crippen molar-refractivity contribution in [2.24, 2.45) is 0 Å². The Morgan fingerprint density at radius 1 is 1.06 bits per heavy atom. The molecule has 1 N–H and O–H groups in total. The van der Waals surface area contributed by atoms with Crippen molar-refractivity contribution in [3.8, 4) is 23.1 Å². The number of rotatable bonds is 6. The Morgan fingerprint density at radius 2 is 1.78 bits per heavy atom. The van der Waals surface area contributed by atoms with Crippen LogP contribution in [0.15, 0.2) is 78.0 Å². The lowest BCUT2D eigenvalue weighted by Crippen LogP contribution is -2.15. The van der Waals surface area contributed by atoms with Crippen LogP contribution in [0, 0.1) is 24.1 Å². The molecule has 0 radical (unpaired) electrons. The molecular formula is C24H18FN5OS. The van der Waals surface area contributed by atoms with Crippen molar-refractivity contribution in [1.29, 1.82) is 5.26 Å². The van der Waals surface area contributed by atoms with E-state index in [9.17, 15) is 14.4 Å². The van der Waals surface area contributed by atoms with Crippen molar-refractivity contribution in [2.45, 2.75) is 12.1 Å². The van der Waals surface area contributed by atoms with E-state index < -0.39 is 5.82 Å². The number of benzene rings is 3. The molecule has 4 rings (SSSR count). The van der Waals surface area contributed by atoms with Gasteiger partial charge in [0.2, 0.25) is 5.91 Å². The number of nitriles is 1. The molecular weight excluding hydrogens is 425 g/mol. The molecule has 0 fully saturated rings. The third-order valence-electron chi connectivity index (χ3n) is 4.69. The maximum Gasteiger partial charge on any atom is 0.234 e. The standard InChI is InChI=1S/C24H18FN5OS/c1-16-10-12-18(13-11-16)30-23(19-7-3-4-8-20(19)25)28-29-24(30)32-15-22(31)27-21-9-5-2-6-17(21)14-26/h2-13H,15H2,1H3,(H,27,31). The van der Waals surface area contributed by atoms with Crippen LogP contribution in [0.3, 0.4) is 0 Å². The third kappa shape index (κ3) is 4.53. The van der Waals surface area contributed by atoms with Crippen LogP contribution in [0.2, 0.25) is 0 Å². The van der Waals surface area contributed by atoms with E-state index >= 15 is 0 Å². The number of para-hydroxylation sites is 1. The van der Waals surface area contributed by atoms with Gasteiger partial charge < -0.3 is 5.32 Å². The fraction of sp³-hybridized carbons (Fsp3) is 0.0833. The summed E-state index contributed by atoms with van der Waals surface area (Å²) in [6.45, 7) is 1.98. The monoisotopic (exact) mass is 443 g/mol. The van der Waals surface area contributed by atoms with Gasteiger partial charge in [0.15, 0.2) is 11.0 Å². The van der Waals surface area contributed by atoms with Crippen LogP contribution < -0.4 is 5.32 Å². The van der Waals surface area contributed by atoms with Crippen LogP contribution in [0.25, 0.3) is 17.1 Å². The molecule has 0 saturated carbocycles. The molecule has 8 heteroatoms. The van der Waals surface area contributed by atoms with Gasteiger partial charge in [-0.1, -0.05) is 53.7 Å². The number of hydrogen-bond acceptors (Lipinski definition) is 5. The summed E-state index contributed by atoms with van der Waals surface area (Å²) >= 11 is 1.18. The number of carbonyl (C=O) groups is 1. The highest BCUT2D eigenvalue weighted by molar-refractivity contribution is 7.99. The number of nitrogens with zero attached hydrogens (tertiary/aromatic N) is 4. The summed E-state index contributed by atoms with van der Waals surface area (Å²) in [5.41, 5.74) is 3.00. The zero-order chi connectivity index (χ0) is 22.5. The predicted molar refractivity (Wildman–Crippen MR) is 122 cm³/mol. The zero-order valence-corrected chi connectivity index (χ0v) is 17.9. The molecule has 0 spiro atoms. The maximum atomic E-state index is 14.5. The highest BCUT2D eigenvalue weighted by Crippen LogP contribution is 2.29. The number of anilines is 1. The fourth-order valence-electron chi connectivity index (χ4n) is 3.11. The molecule has 32 heavy (non-hydrogen) atoms. The van der Waals surface area contributed by atoms with Crippen LogP contribution in [-0.4, -0.2) is 26.4 Å². The molecule has 0 aliphatic rings. The summed E-state index contributed by atoms with van der Waals surface area (Å²) in [6.07, 6.45) is 0. The number of amides is 1. The Balaban J connectivity index is 1.63. The van der Waals surface area contributed by atoms with Crippen molar-refractivity contribution in [2.75, 3.05) is 11.1 Å². The molecule has 1 aromatic heterocycles. The number of carbonyl (C=O) groups excluding carboxylic acids is 1. The summed E-state index contributed by atoms with van der Waals surface area (Å²) in [7, 11) is 0. The predicted octanol–water partition coefficient (Wildman–Crippen LogP) is 4.98. The molecule has 3 aromatic carbocycles. The average molecular weight is 444 g/mol. The van der Waals surface area contributed by atoms with Crippen LogP contribution >= 0.6 is 11.8 Å². The molecule has 4 aromatic rings. The van der Waals surface area contributed by atoms with Gasteiger partial charge in [-0.25, -0.2) is 4.39 Å². The fourth-order valence-corrected chi connectivity index (χ4v) is 3.86. The number of aryl methyl sites for hydroxylation is 1. The number of halogens is 1. The van der Waals surface area contributed by atoms with E-state index in [4.69, 9.17) is 0 Å². The van der Waals surface area contributed by atoms with E-state index in [-0.39, 0.29) is 11.7 Å². The van der Waals surface area contributed by atoms with E-state index in [0.29, 0.717) is 27.8 Å². The maximum absolute atomic E-state index is 14.5. The van der Waals surface area contributed by atoms with Crippen molar-refractivity contribution < 1.29 is 9.18 Å². The molecule has 0 aliphatic heterocycles. The Bertz CT molecular complexity index is 1310. The number of aromatic nitrogens is 3. The Labute approximate surface area is 188 Å². The van der Waals surface area contributed by atoms with Crippen molar-refractivity contribution in [1.82, 2.24) is 14.8 Å². The van der Waals surface area contributed by atoms with Crippen LogP contribution in [-0.2, 0) is 4.79 Å². The molecule has 0 atom stereocenters. The molecule has 0 aliphatic carbocycles. The van der Waals surface area contributed by atoms with Gasteiger partial charge in [-0.15, -0.1) is 10.2 Å². The first kappa shape index (κ1) is 21.3. The average Bonchev–Trinajstić information content (AvgIpc) is 3.22. The van der Waals surface area contributed by atoms with Crippen LogP contribution in [0.1, 0.15) is 11.1 Å². The first-order chi connectivity index (χ1) is 15.6. The van der Waals surface area contributed by atoms with E-state index in [1.165, 1.54) is 17.8 Å². The highest BCUT2D eigenvalue weighted by atomic mass is 32.2. The quantitative estimate of drug-likeness (QED) is 0.425. The summed E-state index contributed by atoms with van der Waals surface area (Å²) < 4.78 is 16.2. The van der Waals surface area contributed by atoms with Crippen LogP contribution in [0.4, 0.5) is 10.1 Å². The van der Waals surface area contributed by atoms with Crippen molar-refractivity contribution in [3.05, 3.63) is 89.7 Å². The second-order valence-corrected chi connectivity index (χ2v) is 7.89. The minimum Gasteiger partial charge on any atom is -0.324 e. The van der Waals surface area contributed by atoms with E-state index in [1.807, 2.05) is 31.2 Å². The molecule has 158 valence electrons. The second kappa shape index (κ2) is 9.45. The minimum absolute atomic E-state index is 0.0427. The van der Waals surface area contributed by atoms with Gasteiger partial charge in [0.1, 0.15) is 11.9 Å². The second-order valence-electron chi connectivity index (χ2n) is 6.95. The Morgan fingerprint density at radius 3 is 2.53 bits per heavy atom. The SMILES string of the molecule is Cc1ccc(-n2c(SCC(=O)Nc3ccccc3C#N)nnc2-c2ccccc2F)cc1. The van der Waals surface area contributed by atoms with Gasteiger partial charge in [-0.2, -0.15) is 5.26 Å². The normalized spacial score (nSPS) is 10.5. The minimum atomic E-state index is -0.407. The van der Waals surface area contributed by atoms with Gasteiger partial charge in [0.05, 0.1) is 22.6 Å². The zero-order valence-electron chi connectivity index (χ0n) is 17.1. The Kier molecular flexibility index (Phi) is 6.29. The topological polar surface area (TPSA) is 83.6 Å². The lowest BCUT2D eigenvalue weighted by molar-refractivity contribution is -0.113. The van der Waals surface area contributed by atoms with Gasteiger partial charge in [0, 0.05) is 5.69 Å². The Hall–Kier alpha value is -3.96. The lowest BCUT2D eigenvalue weighted by atomic mass is 10.2. The summed E-state index contributed by atoms with van der Waals surface area (Å²) in [5, 5.41) is 20.8. The van der Waals surface area contributed by atoms with E-state index in [2.05, 4.69) is 21.6 Å². The molecule has 6 nitrogen and oxygen atoms in total. The number of thioether (sulfide) groups is 1. The largest absolute Gasteiger partial charge is 0.324 e. The summed E-state index contributed by atoms with van der Waals surface area (Å²) in [5.74, 6) is -0.301. The molecule has 1 amide bonds. The van der Waals surface area contributed by atoms with Gasteiger partial charge in [-0.05, 0) is 43.3 Å². The first-order valence-corrected chi connectivity index (χ1v) is 10.7. The molecule has 0 unspecified atom stereocenters. The summed E-state index contributed by atoms with van der Waals surface area (Å²) in [6, 6.07) is 22.9. The molecule has 1 heterocycles. The number of hydrogen-bond donors (Lipinski definition) is 1. The lowest BCUT2D eigenvalue weighted by Gasteiger charge is -2.11. The molecule has 0 bridgehead atoms. The van der Waals surface area contributed by atoms with Gasteiger partial charge >= 0.3 is 0 Å². The molecule has 0 saturated heterocycles. The first-order valence-electron chi connectivity index (χ1n) is 9.76. The van der Waals surface area contributed by atoms with Crippen LogP contribution in [0.5, 0.6) is 0 Å². The van der Waals surface area contributed by atoms with E-state index in [0.717, 1.165) is 11.3 Å². The number of nitrogens with one attached hydrogen (secondary N) is 1. The smallest absolute Gasteiger partial charge is 0.234 e. The summed E-state index contributed by atoms with van der Waals surface area (Å²) in [4.78, 5) is 12.5. The van der Waals surface area contributed by atoms with Crippen molar-refractivity contribution >= 4 is 23.4 Å². The van der Waals surface area contributed by atoms with Gasteiger partial charge in [0.25, 0.3) is 0 Å². The highest BCUT2D eigenvalue weighted by Gasteiger charge is 2.19.